The fourth-order valence-corrected chi connectivity index (χ4v) is 4.68. The molecule has 0 radical (unpaired) electrons. The predicted molar refractivity (Wildman–Crippen MR) is 129 cm³/mol. The highest BCUT2D eigenvalue weighted by molar-refractivity contribution is 5.87. The number of carbonyl (C=O) groups excluding carboxylic acids is 1. The summed E-state index contributed by atoms with van der Waals surface area (Å²) in [4.78, 5) is 27.3. The molecule has 0 bridgehead atoms. The van der Waals surface area contributed by atoms with Crippen LogP contribution in [0.2, 0.25) is 0 Å². The van der Waals surface area contributed by atoms with Crippen LogP contribution in [0, 0.1) is 13.8 Å². The van der Waals surface area contributed by atoms with Crippen molar-refractivity contribution in [3.63, 3.8) is 0 Å². The van der Waals surface area contributed by atoms with Crippen LogP contribution in [0.15, 0.2) is 24.3 Å². The molecule has 1 saturated heterocycles. The van der Waals surface area contributed by atoms with Gasteiger partial charge in [-0.05, 0) is 74.9 Å². The monoisotopic (exact) mass is 486 g/mol. The number of pyridine rings is 1. The second-order valence-electron chi connectivity index (χ2n) is 9.19. The van der Waals surface area contributed by atoms with Gasteiger partial charge >= 0.3 is 6.18 Å². The molecule has 1 atom stereocenters. The Morgan fingerprint density at radius 3 is 2.43 bits per heavy atom. The lowest BCUT2D eigenvalue weighted by atomic mass is 9.88. The first-order valence-electron chi connectivity index (χ1n) is 11.6. The van der Waals surface area contributed by atoms with Crippen molar-refractivity contribution in [2.75, 3.05) is 24.1 Å². The number of halogens is 3. The lowest BCUT2D eigenvalue weighted by molar-refractivity contribution is -0.137. The quantitative estimate of drug-likeness (QED) is 0.496. The van der Waals surface area contributed by atoms with E-state index >= 15 is 0 Å². The summed E-state index contributed by atoms with van der Waals surface area (Å²) >= 11 is 0. The average Bonchev–Trinajstić information content (AvgIpc) is 2.77. The Balaban J connectivity index is 1.68. The van der Waals surface area contributed by atoms with Crippen molar-refractivity contribution in [3.8, 4) is 0 Å². The van der Waals surface area contributed by atoms with Gasteiger partial charge < -0.3 is 16.0 Å². The van der Waals surface area contributed by atoms with Crippen LogP contribution < -0.4 is 11.1 Å². The van der Waals surface area contributed by atoms with E-state index in [0.717, 1.165) is 36.2 Å². The summed E-state index contributed by atoms with van der Waals surface area (Å²) in [5.41, 5.74) is 7.90. The van der Waals surface area contributed by atoms with Crippen molar-refractivity contribution < 1.29 is 18.0 Å². The molecule has 1 aliphatic rings. The summed E-state index contributed by atoms with van der Waals surface area (Å²) in [5, 5.41) is 3.96. The normalized spacial score (nSPS) is 15.9. The third kappa shape index (κ3) is 5.31. The third-order valence-corrected chi connectivity index (χ3v) is 6.57. The number of piperidine rings is 1. The van der Waals surface area contributed by atoms with E-state index in [-0.39, 0.29) is 17.5 Å². The summed E-state index contributed by atoms with van der Waals surface area (Å²) < 4.78 is 39.9. The molecule has 3 aromatic rings. The molecule has 0 saturated carbocycles. The van der Waals surface area contributed by atoms with Crippen molar-refractivity contribution in [2.24, 2.45) is 0 Å². The number of nitrogens with one attached hydrogen (secondary N) is 1. The Morgan fingerprint density at radius 2 is 1.80 bits per heavy atom. The molecule has 3 heterocycles. The molecule has 1 amide bonds. The zero-order valence-corrected chi connectivity index (χ0v) is 20.2. The van der Waals surface area contributed by atoms with Gasteiger partial charge in [0.2, 0.25) is 5.91 Å². The van der Waals surface area contributed by atoms with Crippen LogP contribution in [0.1, 0.15) is 66.9 Å². The minimum Gasteiger partial charge on any atom is -0.399 e. The van der Waals surface area contributed by atoms with Gasteiger partial charge in [-0.3, -0.25) is 4.79 Å². The summed E-state index contributed by atoms with van der Waals surface area (Å²) in [6.45, 7) is 8.44. The van der Waals surface area contributed by atoms with Gasteiger partial charge in [0.15, 0.2) is 5.65 Å². The fourth-order valence-electron chi connectivity index (χ4n) is 4.68. The van der Waals surface area contributed by atoms with E-state index in [1.54, 1.807) is 20.8 Å². The molecule has 186 valence electrons. The van der Waals surface area contributed by atoms with Gasteiger partial charge in [0.1, 0.15) is 11.6 Å². The van der Waals surface area contributed by atoms with Crippen molar-refractivity contribution in [1.82, 2.24) is 19.9 Å². The highest BCUT2D eigenvalue weighted by Gasteiger charge is 2.31. The van der Waals surface area contributed by atoms with E-state index in [4.69, 9.17) is 10.7 Å². The number of anilines is 2. The number of nitrogens with zero attached hydrogens (tertiary/aromatic N) is 4. The molecular weight excluding hydrogens is 457 g/mol. The summed E-state index contributed by atoms with van der Waals surface area (Å²) in [5.74, 6) is 1.34. The number of hydrogen-bond donors (Lipinski definition) is 2. The number of aromatic nitrogens is 3. The topological polar surface area (TPSA) is 97.0 Å². The molecule has 2 aromatic heterocycles. The van der Waals surface area contributed by atoms with Crippen LogP contribution in [-0.2, 0) is 11.0 Å². The van der Waals surface area contributed by atoms with Crippen molar-refractivity contribution in [2.45, 2.75) is 58.7 Å². The Hall–Kier alpha value is -3.43. The van der Waals surface area contributed by atoms with Gasteiger partial charge in [0, 0.05) is 31.4 Å². The molecule has 1 unspecified atom stereocenters. The van der Waals surface area contributed by atoms with E-state index in [0.29, 0.717) is 41.3 Å². The molecule has 10 heteroatoms. The number of aryl methyl sites for hydroxylation is 2. The maximum atomic E-state index is 13.3. The zero-order valence-electron chi connectivity index (χ0n) is 20.2. The number of alkyl halides is 3. The van der Waals surface area contributed by atoms with Crippen molar-refractivity contribution >= 4 is 28.4 Å². The lowest BCUT2D eigenvalue weighted by Crippen LogP contribution is -2.36. The summed E-state index contributed by atoms with van der Waals surface area (Å²) in [6, 6.07) is 5.08. The Labute approximate surface area is 202 Å². The van der Waals surface area contributed by atoms with Crippen LogP contribution >= 0.6 is 0 Å². The van der Waals surface area contributed by atoms with Gasteiger partial charge in [-0.15, -0.1) is 0 Å². The summed E-state index contributed by atoms with van der Waals surface area (Å²) in [6.07, 6.45) is -2.82. The number of fused-ring (bicyclic) bond motifs is 1. The number of rotatable bonds is 4. The number of nitrogen functional groups attached to an aromatic ring is 1. The fraction of sp³-hybridized carbons (Fsp3) is 0.440. The van der Waals surface area contributed by atoms with Crippen LogP contribution in [0.5, 0.6) is 0 Å². The largest absolute Gasteiger partial charge is 0.416 e. The molecule has 1 fully saturated rings. The molecule has 35 heavy (non-hydrogen) atoms. The highest BCUT2D eigenvalue weighted by Crippen LogP contribution is 2.35. The molecular formula is C25H29F3N6O. The van der Waals surface area contributed by atoms with Crippen LogP contribution in [0.25, 0.3) is 11.0 Å². The molecule has 1 aliphatic heterocycles. The Bertz CT molecular complexity index is 1270. The minimum atomic E-state index is -4.49. The molecule has 0 aliphatic carbocycles. The van der Waals surface area contributed by atoms with Gasteiger partial charge in [-0.25, -0.2) is 15.0 Å². The molecule has 3 N–H and O–H groups in total. The van der Waals surface area contributed by atoms with Gasteiger partial charge in [-0.2, -0.15) is 13.2 Å². The molecule has 1 aromatic carbocycles. The Kier molecular flexibility index (Phi) is 6.57. The van der Waals surface area contributed by atoms with E-state index < -0.39 is 17.8 Å². The van der Waals surface area contributed by atoms with E-state index in [9.17, 15) is 18.0 Å². The number of likely N-dealkylation sites (tertiary alicyclic amines) is 1. The zero-order chi connectivity index (χ0) is 25.5. The van der Waals surface area contributed by atoms with E-state index in [2.05, 4.69) is 15.3 Å². The van der Waals surface area contributed by atoms with Gasteiger partial charge in [0.25, 0.3) is 0 Å². The summed E-state index contributed by atoms with van der Waals surface area (Å²) in [7, 11) is 0. The molecule has 0 spiro atoms. The minimum absolute atomic E-state index is 0.0451. The molecule has 4 rings (SSSR count). The van der Waals surface area contributed by atoms with E-state index in [1.807, 2.05) is 17.9 Å². The first-order chi connectivity index (χ1) is 16.4. The van der Waals surface area contributed by atoms with Crippen molar-refractivity contribution in [3.05, 3.63) is 52.5 Å². The van der Waals surface area contributed by atoms with Crippen LogP contribution in [-0.4, -0.2) is 38.8 Å². The van der Waals surface area contributed by atoms with Crippen LogP contribution in [0.3, 0.4) is 0 Å². The number of amides is 1. The second-order valence-corrected chi connectivity index (χ2v) is 9.19. The number of carbonyl (C=O) groups is 1. The SMILES string of the molecule is CC(=O)N1CCC(c2cc3c(NC(C)c4cc(N)cc(C(F)(F)F)c4)nc(C)nc3nc2C)CC1. The van der Waals surface area contributed by atoms with Gasteiger partial charge in [-0.1, -0.05) is 0 Å². The van der Waals surface area contributed by atoms with E-state index in [1.165, 1.54) is 6.07 Å². The first kappa shape index (κ1) is 24.7. The van der Waals surface area contributed by atoms with Crippen molar-refractivity contribution in [1.29, 1.82) is 0 Å². The van der Waals surface area contributed by atoms with Crippen LogP contribution in [0.4, 0.5) is 24.7 Å². The highest BCUT2D eigenvalue weighted by atomic mass is 19.4. The number of benzene rings is 1. The smallest absolute Gasteiger partial charge is 0.399 e. The average molecular weight is 487 g/mol. The molecule has 7 nitrogen and oxygen atoms in total. The third-order valence-electron chi connectivity index (χ3n) is 6.57. The maximum Gasteiger partial charge on any atom is 0.416 e. The predicted octanol–water partition coefficient (Wildman–Crippen LogP) is 5.14. The lowest BCUT2D eigenvalue weighted by Gasteiger charge is -2.32. The standard InChI is InChI=1S/C25H29F3N6O/c1-13(18-9-19(25(26,27)28)11-20(29)10-18)30-23-22-12-21(14(2)31-24(22)33-15(3)32-23)17-5-7-34(8-6-17)16(4)35/h9-13,17H,5-8,29H2,1-4H3,(H,30,31,32,33). The van der Waals surface area contributed by atoms with Gasteiger partial charge in [0.05, 0.1) is 17.0 Å². The number of nitrogens with two attached hydrogens (primary N) is 1. The second kappa shape index (κ2) is 9.31. The Morgan fingerprint density at radius 1 is 1.11 bits per heavy atom. The first-order valence-corrected chi connectivity index (χ1v) is 11.6. The number of hydrogen-bond acceptors (Lipinski definition) is 6. The maximum absolute atomic E-state index is 13.3.